The van der Waals surface area contributed by atoms with Crippen LogP contribution in [0.4, 0.5) is 4.39 Å². The number of sulfonamides is 1. The van der Waals surface area contributed by atoms with E-state index in [1.807, 2.05) is 0 Å². The van der Waals surface area contributed by atoms with Crippen LogP contribution in [-0.4, -0.2) is 8.42 Å². The van der Waals surface area contributed by atoms with Gasteiger partial charge in [0.15, 0.2) is 0 Å². The maximum absolute atomic E-state index is 13.1. The molecule has 0 amide bonds. The van der Waals surface area contributed by atoms with Crippen molar-refractivity contribution in [3.8, 4) is 0 Å². The highest BCUT2D eigenvalue weighted by molar-refractivity contribution is 7.89. The summed E-state index contributed by atoms with van der Waals surface area (Å²) in [5.74, 6) is -0.611. The van der Waals surface area contributed by atoms with Crippen molar-refractivity contribution >= 4 is 33.2 Å². The lowest BCUT2D eigenvalue weighted by atomic mass is 10.1. The van der Waals surface area contributed by atoms with Crippen LogP contribution >= 0.6 is 23.2 Å². The minimum Gasteiger partial charge on any atom is -0.207 e. The van der Waals surface area contributed by atoms with Crippen LogP contribution in [0.2, 0.25) is 10.0 Å². The van der Waals surface area contributed by atoms with Crippen molar-refractivity contribution in [2.75, 3.05) is 0 Å². The van der Waals surface area contributed by atoms with Gasteiger partial charge in [-0.1, -0.05) is 35.3 Å². The summed E-state index contributed by atoms with van der Waals surface area (Å²) < 4.78 is 40.0. The van der Waals surface area contributed by atoms with E-state index in [1.165, 1.54) is 18.2 Å². The Hall–Kier alpha value is -1.14. The van der Waals surface area contributed by atoms with Gasteiger partial charge >= 0.3 is 0 Å². The van der Waals surface area contributed by atoms with Crippen LogP contribution in [0.25, 0.3) is 0 Å². The summed E-state index contributed by atoms with van der Waals surface area (Å²) in [5.41, 5.74) is 0.657. The zero-order valence-electron chi connectivity index (χ0n) is 11.0. The molecular formula is C14H12Cl2FNO2S. The van der Waals surface area contributed by atoms with Crippen LogP contribution in [0.5, 0.6) is 0 Å². The van der Waals surface area contributed by atoms with Gasteiger partial charge in [-0.05, 0) is 42.8 Å². The van der Waals surface area contributed by atoms with E-state index in [0.29, 0.717) is 15.6 Å². The van der Waals surface area contributed by atoms with Crippen LogP contribution < -0.4 is 4.72 Å². The molecule has 7 heteroatoms. The van der Waals surface area contributed by atoms with Crippen LogP contribution in [0, 0.1) is 5.82 Å². The van der Waals surface area contributed by atoms with Crippen molar-refractivity contribution in [2.45, 2.75) is 17.9 Å². The van der Waals surface area contributed by atoms with Gasteiger partial charge in [0.1, 0.15) is 5.82 Å². The van der Waals surface area contributed by atoms with E-state index in [-0.39, 0.29) is 4.90 Å². The third kappa shape index (κ3) is 3.95. The summed E-state index contributed by atoms with van der Waals surface area (Å²) in [4.78, 5) is -0.130. The lowest BCUT2D eigenvalue weighted by molar-refractivity contribution is 0.564. The molecule has 0 bridgehead atoms. The van der Waals surface area contributed by atoms with Crippen molar-refractivity contribution in [3.05, 3.63) is 63.9 Å². The van der Waals surface area contributed by atoms with E-state index in [9.17, 15) is 12.8 Å². The molecule has 112 valence electrons. The molecule has 0 aromatic heterocycles. The molecule has 1 atom stereocenters. The number of rotatable bonds is 4. The van der Waals surface area contributed by atoms with Crippen molar-refractivity contribution in [1.82, 2.24) is 4.72 Å². The molecule has 2 aromatic carbocycles. The van der Waals surface area contributed by atoms with Gasteiger partial charge in [0.2, 0.25) is 10.0 Å². The Labute approximate surface area is 132 Å². The molecule has 0 aliphatic carbocycles. The molecule has 2 rings (SSSR count). The molecule has 0 aliphatic heterocycles. The van der Waals surface area contributed by atoms with Crippen LogP contribution in [-0.2, 0) is 10.0 Å². The Morgan fingerprint density at radius 2 is 1.81 bits per heavy atom. The Morgan fingerprint density at radius 3 is 2.43 bits per heavy atom. The molecule has 3 nitrogen and oxygen atoms in total. The van der Waals surface area contributed by atoms with E-state index in [1.54, 1.807) is 25.1 Å². The first-order chi connectivity index (χ1) is 9.79. The quantitative estimate of drug-likeness (QED) is 0.901. The van der Waals surface area contributed by atoms with Crippen molar-refractivity contribution in [2.24, 2.45) is 0 Å². The predicted octanol–water partition coefficient (Wildman–Crippen LogP) is 4.17. The molecule has 0 fully saturated rings. The summed E-state index contributed by atoms with van der Waals surface area (Å²) in [7, 11) is -3.82. The highest BCUT2D eigenvalue weighted by Crippen LogP contribution is 2.26. The lowest BCUT2D eigenvalue weighted by Gasteiger charge is -2.15. The second-order valence-electron chi connectivity index (χ2n) is 4.47. The van der Waals surface area contributed by atoms with Crippen molar-refractivity contribution < 1.29 is 12.8 Å². The molecule has 1 N–H and O–H groups in total. The minimum absolute atomic E-state index is 0.130. The monoisotopic (exact) mass is 347 g/mol. The number of benzene rings is 2. The normalized spacial score (nSPS) is 13.1. The zero-order valence-corrected chi connectivity index (χ0v) is 13.3. The van der Waals surface area contributed by atoms with E-state index < -0.39 is 21.9 Å². The number of hydrogen-bond donors (Lipinski definition) is 1. The summed E-state index contributed by atoms with van der Waals surface area (Å²) in [6.45, 7) is 1.66. The summed E-state index contributed by atoms with van der Waals surface area (Å²) in [5, 5.41) is 0.728. The Bertz CT molecular complexity index is 765. The maximum atomic E-state index is 13.1. The molecule has 0 saturated carbocycles. The first kappa shape index (κ1) is 16.2. The van der Waals surface area contributed by atoms with Crippen molar-refractivity contribution in [3.63, 3.8) is 0 Å². The highest BCUT2D eigenvalue weighted by atomic mass is 35.5. The fourth-order valence-corrected chi connectivity index (χ4v) is 3.35. The van der Waals surface area contributed by atoms with Crippen LogP contribution in [0.1, 0.15) is 18.5 Å². The first-order valence-corrected chi connectivity index (χ1v) is 8.26. The summed E-state index contributed by atoms with van der Waals surface area (Å²) >= 11 is 11.7. The first-order valence-electron chi connectivity index (χ1n) is 6.02. The van der Waals surface area contributed by atoms with Gasteiger partial charge in [-0.3, -0.25) is 0 Å². The second-order valence-corrected chi connectivity index (χ2v) is 7.00. The van der Waals surface area contributed by atoms with Crippen LogP contribution in [0.15, 0.2) is 47.4 Å². The van der Waals surface area contributed by atoms with Gasteiger partial charge in [0.05, 0.1) is 14.9 Å². The summed E-state index contributed by atoms with van der Waals surface area (Å²) in [6.07, 6.45) is 0. The molecule has 0 saturated heterocycles. The average Bonchev–Trinajstić information content (AvgIpc) is 2.41. The average molecular weight is 348 g/mol. The van der Waals surface area contributed by atoms with Gasteiger partial charge in [-0.2, -0.15) is 0 Å². The maximum Gasteiger partial charge on any atom is 0.241 e. The SMILES string of the molecule is C[C@@H](NS(=O)(=O)c1cccc(F)c1)c1ccc(Cl)c(Cl)c1. The molecule has 0 aliphatic rings. The zero-order chi connectivity index (χ0) is 15.6. The molecule has 21 heavy (non-hydrogen) atoms. The molecule has 0 unspecified atom stereocenters. The molecule has 0 heterocycles. The molecular weight excluding hydrogens is 336 g/mol. The Balaban J connectivity index is 2.25. The third-order valence-corrected chi connectivity index (χ3v) is 5.16. The standard InChI is InChI=1S/C14H12Cl2FNO2S/c1-9(10-5-6-13(15)14(16)7-10)18-21(19,20)12-4-2-3-11(17)8-12/h2-9,18H,1H3/t9-/m1/s1. The summed E-state index contributed by atoms with van der Waals surface area (Å²) in [6, 6.07) is 9.13. The van der Waals surface area contributed by atoms with E-state index in [4.69, 9.17) is 23.2 Å². The number of halogens is 3. The van der Waals surface area contributed by atoms with Crippen LogP contribution in [0.3, 0.4) is 0 Å². The van der Waals surface area contributed by atoms with Gasteiger partial charge < -0.3 is 0 Å². The minimum atomic E-state index is -3.82. The molecule has 0 radical (unpaired) electrons. The van der Waals surface area contributed by atoms with Crippen molar-refractivity contribution in [1.29, 1.82) is 0 Å². The van der Waals surface area contributed by atoms with E-state index in [0.717, 1.165) is 6.07 Å². The van der Waals surface area contributed by atoms with E-state index >= 15 is 0 Å². The number of nitrogens with one attached hydrogen (secondary N) is 1. The predicted molar refractivity (Wildman–Crippen MR) is 81.6 cm³/mol. The highest BCUT2D eigenvalue weighted by Gasteiger charge is 2.19. The van der Waals surface area contributed by atoms with Gasteiger partial charge in [0, 0.05) is 6.04 Å². The Morgan fingerprint density at radius 1 is 1.10 bits per heavy atom. The van der Waals surface area contributed by atoms with Gasteiger partial charge in [-0.15, -0.1) is 0 Å². The fraction of sp³-hybridized carbons (Fsp3) is 0.143. The largest absolute Gasteiger partial charge is 0.241 e. The molecule has 2 aromatic rings. The third-order valence-electron chi connectivity index (χ3n) is 2.88. The van der Waals surface area contributed by atoms with Gasteiger partial charge in [-0.25, -0.2) is 17.5 Å². The fourth-order valence-electron chi connectivity index (χ4n) is 1.78. The lowest BCUT2D eigenvalue weighted by Crippen LogP contribution is -2.27. The Kier molecular flexibility index (Phi) is 4.88. The second kappa shape index (κ2) is 6.32. The van der Waals surface area contributed by atoms with Gasteiger partial charge in [0.25, 0.3) is 0 Å². The molecule has 0 spiro atoms. The smallest absolute Gasteiger partial charge is 0.207 e. The van der Waals surface area contributed by atoms with E-state index in [2.05, 4.69) is 4.72 Å². The topological polar surface area (TPSA) is 46.2 Å². The number of hydrogen-bond acceptors (Lipinski definition) is 2.